The summed E-state index contributed by atoms with van der Waals surface area (Å²) >= 11 is 0. The molecule has 1 heterocycles. The summed E-state index contributed by atoms with van der Waals surface area (Å²) in [6.07, 6.45) is -0.184. The largest absolute Gasteiger partial charge is 0.464 e. The van der Waals surface area contributed by atoms with Gasteiger partial charge in [-0.2, -0.15) is 0 Å². The average Bonchev–Trinajstić information content (AvgIpc) is 3.76. The first-order chi connectivity index (χ1) is 24.8. The van der Waals surface area contributed by atoms with E-state index in [0.29, 0.717) is 0 Å². The number of hydrogen-bond donors (Lipinski definition) is 1. The number of fused-ring (bicyclic) bond motifs is 3. The number of anilines is 3. The molecular weight excluding hydrogens is 609 g/mol. The van der Waals surface area contributed by atoms with E-state index in [4.69, 9.17) is 4.74 Å². The third-order valence-electron chi connectivity index (χ3n) is 10.1. The Labute approximate surface area is 291 Å². The number of hydrogen-bond acceptors (Lipinski definition) is 3. The second-order valence-electron chi connectivity index (χ2n) is 12.9. The summed E-state index contributed by atoms with van der Waals surface area (Å²) in [4.78, 5) is 2.37. The van der Waals surface area contributed by atoms with E-state index in [1.165, 1.54) is 49.4 Å². The molecule has 1 atom stereocenters. The van der Waals surface area contributed by atoms with Crippen LogP contribution >= 0.6 is 0 Å². The van der Waals surface area contributed by atoms with E-state index < -0.39 is 0 Å². The first kappa shape index (κ1) is 28.4. The van der Waals surface area contributed by atoms with Crippen LogP contribution in [-0.2, 0) is 4.74 Å². The highest BCUT2D eigenvalue weighted by Crippen LogP contribution is 2.49. The number of nitrogens with zero attached hydrogens (tertiary/aromatic N) is 1. The van der Waals surface area contributed by atoms with Gasteiger partial charge in [-0.25, -0.2) is 0 Å². The highest BCUT2D eigenvalue weighted by atomic mass is 16.5. The predicted molar refractivity (Wildman–Crippen MR) is 207 cm³/mol. The molecule has 1 aliphatic carbocycles. The normalized spacial score (nSPS) is 14.4. The van der Waals surface area contributed by atoms with Crippen LogP contribution in [0.1, 0.15) is 22.9 Å². The molecule has 0 bridgehead atoms. The van der Waals surface area contributed by atoms with Crippen molar-refractivity contribution >= 4 is 50.1 Å². The lowest BCUT2D eigenvalue weighted by Gasteiger charge is -2.27. The quantitative estimate of drug-likeness (QED) is 0.196. The van der Waals surface area contributed by atoms with E-state index in [9.17, 15) is 0 Å². The molecule has 1 N–H and O–H groups in total. The SMILES string of the molecule is c1ccc(-c2ccc(N(c3ccc(-c4ccc5c6c(cccc46)C4=C5NC(c5ccccc5)O4)cc3)c3cccc4ccccc34)cc2)cc1. The van der Waals surface area contributed by atoms with Crippen LogP contribution in [0.15, 0.2) is 182 Å². The Kier molecular flexibility index (Phi) is 6.56. The van der Waals surface area contributed by atoms with Gasteiger partial charge in [0.2, 0.25) is 0 Å². The van der Waals surface area contributed by atoms with Crippen LogP contribution in [-0.4, -0.2) is 0 Å². The van der Waals surface area contributed by atoms with Crippen molar-refractivity contribution < 1.29 is 4.74 Å². The van der Waals surface area contributed by atoms with Gasteiger partial charge in [0, 0.05) is 38.8 Å². The van der Waals surface area contributed by atoms with Crippen molar-refractivity contribution in [3.63, 3.8) is 0 Å². The van der Waals surface area contributed by atoms with Gasteiger partial charge in [-0.1, -0.05) is 152 Å². The van der Waals surface area contributed by atoms with E-state index in [2.05, 4.69) is 186 Å². The fraction of sp³-hybridized carbons (Fsp3) is 0.0213. The van der Waals surface area contributed by atoms with Gasteiger partial charge in [0.15, 0.2) is 12.0 Å². The maximum Gasteiger partial charge on any atom is 0.196 e. The molecule has 8 aromatic carbocycles. The molecule has 2 aliphatic rings. The minimum atomic E-state index is -0.184. The summed E-state index contributed by atoms with van der Waals surface area (Å²) in [5, 5.41) is 8.57. The van der Waals surface area contributed by atoms with Crippen LogP contribution in [0.5, 0.6) is 0 Å². The zero-order valence-electron chi connectivity index (χ0n) is 27.3. The lowest BCUT2D eigenvalue weighted by Crippen LogP contribution is -2.15. The van der Waals surface area contributed by atoms with Gasteiger partial charge >= 0.3 is 0 Å². The highest BCUT2D eigenvalue weighted by Gasteiger charge is 2.35. The number of benzene rings is 8. The van der Waals surface area contributed by atoms with Crippen molar-refractivity contribution in [2.45, 2.75) is 6.23 Å². The van der Waals surface area contributed by atoms with Crippen LogP contribution in [0.3, 0.4) is 0 Å². The third kappa shape index (κ3) is 4.59. The van der Waals surface area contributed by atoms with Crippen LogP contribution in [0.2, 0.25) is 0 Å². The highest BCUT2D eigenvalue weighted by molar-refractivity contribution is 6.16. The summed E-state index contributed by atoms with van der Waals surface area (Å²) in [7, 11) is 0. The molecule has 0 spiro atoms. The molecule has 8 aromatic rings. The van der Waals surface area contributed by atoms with Crippen molar-refractivity contribution in [3.05, 3.63) is 199 Å². The summed E-state index contributed by atoms with van der Waals surface area (Å²) in [5.41, 5.74) is 12.7. The molecule has 0 amide bonds. The molecule has 0 radical (unpaired) electrons. The van der Waals surface area contributed by atoms with Gasteiger partial charge in [0.1, 0.15) is 0 Å². The zero-order valence-corrected chi connectivity index (χ0v) is 27.3. The smallest absolute Gasteiger partial charge is 0.196 e. The minimum absolute atomic E-state index is 0.184. The Morgan fingerprint density at radius 1 is 0.440 bits per heavy atom. The van der Waals surface area contributed by atoms with Crippen molar-refractivity contribution in [1.82, 2.24) is 5.32 Å². The first-order valence-corrected chi connectivity index (χ1v) is 17.1. The summed E-state index contributed by atoms with van der Waals surface area (Å²) < 4.78 is 6.54. The average molecular weight is 641 g/mol. The van der Waals surface area contributed by atoms with Crippen LogP contribution in [0.4, 0.5) is 17.1 Å². The van der Waals surface area contributed by atoms with Crippen LogP contribution in [0, 0.1) is 0 Å². The predicted octanol–water partition coefficient (Wildman–Crippen LogP) is 12.3. The second-order valence-corrected chi connectivity index (χ2v) is 12.9. The van der Waals surface area contributed by atoms with Gasteiger partial charge in [0.05, 0.1) is 11.4 Å². The molecule has 10 rings (SSSR count). The van der Waals surface area contributed by atoms with E-state index in [-0.39, 0.29) is 6.23 Å². The molecule has 50 heavy (non-hydrogen) atoms. The van der Waals surface area contributed by atoms with Gasteiger partial charge in [-0.05, 0) is 63.4 Å². The topological polar surface area (TPSA) is 24.5 Å². The fourth-order valence-corrected chi connectivity index (χ4v) is 7.69. The van der Waals surface area contributed by atoms with Gasteiger partial charge < -0.3 is 15.0 Å². The third-order valence-corrected chi connectivity index (χ3v) is 10.1. The van der Waals surface area contributed by atoms with Crippen molar-refractivity contribution in [1.29, 1.82) is 0 Å². The number of nitrogens with one attached hydrogen (secondary N) is 1. The van der Waals surface area contributed by atoms with E-state index in [1.807, 2.05) is 6.07 Å². The summed E-state index contributed by atoms with van der Waals surface area (Å²) in [6.45, 7) is 0. The molecule has 0 aromatic heterocycles. The Balaban J connectivity index is 1.03. The second kappa shape index (κ2) is 11.5. The molecule has 1 aliphatic heterocycles. The Morgan fingerprint density at radius 3 is 1.82 bits per heavy atom. The zero-order chi connectivity index (χ0) is 33.0. The van der Waals surface area contributed by atoms with Crippen LogP contribution in [0.25, 0.3) is 55.3 Å². The van der Waals surface area contributed by atoms with Gasteiger partial charge in [-0.15, -0.1) is 0 Å². The van der Waals surface area contributed by atoms with E-state index >= 15 is 0 Å². The molecule has 3 nitrogen and oxygen atoms in total. The maximum absolute atomic E-state index is 6.54. The fourth-order valence-electron chi connectivity index (χ4n) is 7.69. The molecule has 3 heteroatoms. The summed E-state index contributed by atoms with van der Waals surface area (Å²) in [5.74, 6) is 0.941. The van der Waals surface area contributed by atoms with Crippen molar-refractivity contribution in [2.75, 3.05) is 4.90 Å². The first-order valence-electron chi connectivity index (χ1n) is 17.1. The Morgan fingerprint density at radius 2 is 1.04 bits per heavy atom. The lowest BCUT2D eigenvalue weighted by molar-refractivity contribution is 0.175. The van der Waals surface area contributed by atoms with Crippen LogP contribution < -0.4 is 10.2 Å². The Hall–Kier alpha value is -6.58. The van der Waals surface area contributed by atoms with Gasteiger partial charge in [0.25, 0.3) is 0 Å². The van der Waals surface area contributed by atoms with E-state index in [1.54, 1.807) is 0 Å². The van der Waals surface area contributed by atoms with Crippen molar-refractivity contribution in [3.8, 4) is 22.3 Å². The molecule has 0 saturated carbocycles. The monoisotopic (exact) mass is 640 g/mol. The molecular formula is C47H32N2O. The standard InChI is InChI=1S/C47H32N2O/c1-3-11-31(12-4-1)32-21-25-36(26-22-32)49(43-20-9-16-33-13-7-8-17-39(33)43)37-27-23-34(24-28-37)38-29-30-41-44-40(38)18-10-19-42(44)46-45(41)48-47(50-46)35-14-5-2-6-15-35/h1-30,47-48H. The Bertz CT molecular complexity index is 2550. The molecule has 236 valence electrons. The van der Waals surface area contributed by atoms with Gasteiger partial charge in [-0.3, -0.25) is 0 Å². The van der Waals surface area contributed by atoms with Crippen molar-refractivity contribution in [2.24, 2.45) is 0 Å². The summed E-state index contributed by atoms with van der Waals surface area (Å²) in [6, 6.07) is 65.0. The molecule has 0 fully saturated rings. The van der Waals surface area contributed by atoms with E-state index in [0.717, 1.165) is 39.6 Å². The molecule has 0 saturated heterocycles. The number of ether oxygens (including phenoxy) is 1. The number of rotatable bonds is 6. The maximum atomic E-state index is 6.54. The lowest BCUT2D eigenvalue weighted by atomic mass is 9.94. The minimum Gasteiger partial charge on any atom is -0.464 e. The molecule has 1 unspecified atom stereocenters.